The Bertz CT molecular complexity index is 839. The van der Waals surface area contributed by atoms with Crippen molar-refractivity contribution in [3.63, 3.8) is 0 Å². The Morgan fingerprint density at radius 3 is 0.980 bits per heavy atom. The Balaban J connectivity index is 1.62. The first-order valence-electron chi connectivity index (χ1n) is 16.7. The third-order valence-electron chi connectivity index (χ3n) is 5.94. The number of benzene rings is 1. The molecule has 0 radical (unpaired) electrons. The molecular weight excluding hydrogens is 650 g/mol. The van der Waals surface area contributed by atoms with Crippen LogP contribution in [0.4, 0.5) is 5.69 Å². The van der Waals surface area contributed by atoms with Crippen LogP contribution in [-0.2, 0) is 66.4 Å². The summed E-state index contributed by atoms with van der Waals surface area (Å²) in [5, 5.41) is 0. The lowest BCUT2D eigenvalue weighted by Gasteiger charge is -2.10. The fraction of sp³-hybridized carbons (Fsp3) is 0.788. The van der Waals surface area contributed by atoms with Crippen LogP contribution < -0.4 is 10.5 Å². The Morgan fingerprint density at radius 1 is 0.429 bits per heavy atom. The minimum Gasteiger partial charge on any atom is -0.489 e. The van der Waals surface area contributed by atoms with Crippen molar-refractivity contribution in [1.82, 2.24) is 0 Å². The number of methoxy groups -OCH3 is 1. The van der Waals surface area contributed by atoms with E-state index in [4.69, 9.17) is 67.3 Å². The maximum Gasteiger partial charge on any atom is 0.331 e. The molecule has 0 unspecified atom stereocenters. The first-order valence-corrected chi connectivity index (χ1v) is 16.7. The summed E-state index contributed by atoms with van der Waals surface area (Å²) in [6.45, 7) is 11.2. The molecule has 0 aromatic heterocycles. The molecule has 0 saturated carbocycles. The molecule has 49 heavy (non-hydrogen) atoms. The van der Waals surface area contributed by atoms with Crippen molar-refractivity contribution in [2.24, 2.45) is 0 Å². The van der Waals surface area contributed by atoms with Gasteiger partial charge in [0.25, 0.3) is 0 Å². The van der Waals surface area contributed by atoms with Crippen LogP contribution in [0.1, 0.15) is 0 Å². The van der Waals surface area contributed by atoms with Crippen molar-refractivity contribution in [3.05, 3.63) is 24.3 Å². The molecule has 0 heterocycles. The molecule has 0 bridgehead atoms. The second kappa shape index (κ2) is 37.1. The van der Waals surface area contributed by atoms with Crippen LogP contribution in [-0.4, -0.2) is 178 Å². The first-order chi connectivity index (χ1) is 24.2. The highest BCUT2D eigenvalue weighted by molar-refractivity contribution is 5.70. The standard InChI is InChI=1S/C33H59NO15/c1-36-33(35)30-48-27-26-46-23-22-44-19-18-42-15-14-40-11-10-38-7-6-37-8-9-39-12-13-41-16-17-43-20-21-45-24-25-47-28-29-49-32-5-3-2-4-31(32)34/h2-5H,6-30,34H2,1H3. The van der Waals surface area contributed by atoms with Crippen molar-refractivity contribution >= 4 is 11.7 Å². The fourth-order valence-corrected chi connectivity index (χ4v) is 3.46. The Labute approximate surface area is 290 Å². The quantitative estimate of drug-likeness (QED) is 0.0583. The SMILES string of the molecule is COC(=O)COCCOCCOCCOCCOCCOCCOCCOCCOCCOCCOCCOCCOc1ccccc1N. The zero-order valence-corrected chi connectivity index (χ0v) is 29.2. The molecule has 16 nitrogen and oxygen atoms in total. The van der Waals surface area contributed by atoms with Gasteiger partial charge in [0.1, 0.15) is 19.0 Å². The van der Waals surface area contributed by atoms with Crippen LogP contribution in [0.2, 0.25) is 0 Å². The van der Waals surface area contributed by atoms with E-state index in [1.165, 1.54) is 7.11 Å². The van der Waals surface area contributed by atoms with Crippen molar-refractivity contribution in [2.45, 2.75) is 0 Å². The predicted octanol–water partition coefficient (Wildman–Crippen LogP) is 1.02. The Hall–Kier alpha value is -2.19. The van der Waals surface area contributed by atoms with E-state index >= 15 is 0 Å². The third kappa shape index (κ3) is 32.8. The van der Waals surface area contributed by atoms with Gasteiger partial charge in [-0.2, -0.15) is 0 Å². The number of hydrogen-bond donors (Lipinski definition) is 1. The maximum absolute atomic E-state index is 10.9. The summed E-state index contributed by atoms with van der Waals surface area (Å²) >= 11 is 0. The van der Waals surface area contributed by atoms with E-state index in [2.05, 4.69) is 4.74 Å². The Morgan fingerprint density at radius 2 is 0.694 bits per heavy atom. The molecule has 0 aliphatic rings. The lowest BCUT2D eigenvalue weighted by molar-refractivity contribution is -0.146. The monoisotopic (exact) mass is 709 g/mol. The molecule has 0 atom stereocenters. The van der Waals surface area contributed by atoms with E-state index in [9.17, 15) is 4.79 Å². The summed E-state index contributed by atoms with van der Waals surface area (Å²) in [4.78, 5) is 10.9. The summed E-state index contributed by atoms with van der Waals surface area (Å²) in [5.41, 5.74) is 6.43. The molecule has 0 aliphatic carbocycles. The van der Waals surface area contributed by atoms with Crippen molar-refractivity contribution in [2.75, 3.05) is 178 Å². The number of carbonyl (C=O) groups excluding carboxylic acids is 1. The number of rotatable bonds is 39. The number of anilines is 1. The molecule has 1 rings (SSSR count). The molecule has 286 valence electrons. The van der Waals surface area contributed by atoms with Gasteiger partial charge in [0, 0.05) is 0 Å². The van der Waals surface area contributed by atoms with Crippen LogP contribution in [0.3, 0.4) is 0 Å². The number of ether oxygens (including phenoxy) is 14. The number of para-hydroxylation sites is 2. The average molecular weight is 710 g/mol. The van der Waals surface area contributed by atoms with Crippen LogP contribution in [0.25, 0.3) is 0 Å². The van der Waals surface area contributed by atoms with Gasteiger partial charge in [0.15, 0.2) is 0 Å². The lowest BCUT2D eigenvalue weighted by Crippen LogP contribution is -2.16. The van der Waals surface area contributed by atoms with Gasteiger partial charge in [-0.25, -0.2) is 4.79 Å². The maximum atomic E-state index is 10.9. The number of carbonyl (C=O) groups is 1. The topological polar surface area (TPSA) is 172 Å². The van der Waals surface area contributed by atoms with Gasteiger partial charge in [-0.05, 0) is 12.1 Å². The van der Waals surface area contributed by atoms with Gasteiger partial charge in [-0.15, -0.1) is 0 Å². The zero-order chi connectivity index (χ0) is 35.1. The van der Waals surface area contributed by atoms with Gasteiger partial charge in [-0.1, -0.05) is 12.1 Å². The summed E-state index contributed by atoms with van der Waals surface area (Å²) in [6, 6.07) is 7.37. The lowest BCUT2D eigenvalue weighted by atomic mass is 10.3. The van der Waals surface area contributed by atoms with Crippen molar-refractivity contribution < 1.29 is 71.1 Å². The highest BCUT2D eigenvalue weighted by Crippen LogP contribution is 2.19. The number of hydrogen-bond acceptors (Lipinski definition) is 16. The molecule has 0 spiro atoms. The van der Waals surface area contributed by atoms with E-state index in [0.717, 1.165) is 0 Å². The summed E-state index contributed by atoms with van der Waals surface area (Å²) in [6.07, 6.45) is 0. The molecule has 0 aliphatic heterocycles. The van der Waals surface area contributed by atoms with Crippen LogP contribution in [0.15, 0.2) is 24.3 Å². The predicted molar refractivity (Wildman–Crippen MR) is 178 cm³/mol. The van der Waals surface area contributed by atoms with E-state index in [1.807, 2.05) is 18.2 Å². The summed E-state index contributed by atoms with van der Waals surface area (Å²) in [5.74, 6) is 0.254. The van der Waals surface area contributed by atoms with E-state index in [-0.39, 0.29) is 6.61 Å². The van der Waals surface area contributed by atoms with Crippen LogP contribution >= 0.6 is 0 Å². The second-order valence-electron chi connectivity index (χ2n) is 9.75. The third-order valence-corrected chi connectivity index (χ3v) is 5.94. The molecule has 0 fully saturated rings. The first kappa shape index (κ1) is 44.8. The molecule has 0 saturated heterocycles. The second-order valence-corrected chi connectivity index (χ2v) is 9.75. The normalized spacial score (nSPS) is 11.3. The van der Waals surface area contributed by atoms with E-state index in [1.54, 1.807) is 6.07 Å². The Kier molecular flexibility index (Phi) is 33.9. The van der Waals surface area contributed by atoms with Gasteiger partial charge >= 0.3 is 5.97 Å². The smallest absolute Gasteiger partial charge is 0.331 e. The number of nitrogen functional groups attached to an aromatic ring is 1. The van der Waals surface area contributed by atoms with Crippen LogP contribution in [0, 0.1) is 0 Å². The number of esters is 1. The summed E-state index contributed by atoms with van der Waals surface area (Å²) < 4.78 is 75.0. The van der Waals surface area contributed by atoms with Crippen LogP contribution in [0.5, 0.6) is 5.75 Å². The number of nitrogens with two attached hydrogens (primary N) is 1. The zero-order valence-electron chi connectivity index (χ0n) is 29.2. The fourth-order valence-electron chi connectivity index (χ4n) is 3.46. The molecule has 0 amide bonds. The molecule has 1 aromatic carbocycles. The largest absolute Gasteiger partial charge is 0.489 e. The minimum atomic E-state index is -0.410. The van der Waals surface area contributed by atoms with Gasteiger partial charge in [-0.3, -0.25) is 0 Å². The molecule has 1 aromatic rings. The van der Waals surface area contributed by atoms with E-state index in [0.29, 0.717) is 170 Å². The summed E-state index contributed by atoms with van der Waals surface area (Å²) in [7, 11) is 1.31. The molecule has 2 N–H and O–H groups in total. The van der Waals surface area contributed by atoms with E-state index < -0.39 is 5.97 Å². The van der Waals surface area contributed by atoms with Crippen molar-refractivity contribution in [1.29, 1.82) is 0 Å². The van der Waals surface area contributed by atoms with Gasteiger partial charge in [0.2, 0.25) is 0 Å². The molecular formula is C33H59NO15. The average Bonchev–Trinajstić information content (AvgIpc) is 3.11. The highest BCUT2D eigenvalue weighted by Gasteiger charge is 2.00. The molecule has 16 heteroatoms. The highest BCUT2D eigenvalue weighted by atomic mass is 16.6. The van der Waals surface area contributed by atoms with Crippen molar-refractivity contribution in [3.8, 4) is 5.75 Å². The van der Waals surface area contributed by atoms with Gasteiger partial charge in [0.05, 0.1) is 165 Å². The van der Waals surface area contributed by atoms with Gasteiger partial charge < -0.3 is 72.0 Å². The minimum absolute atomic E-state index is 0.0731.